The van der Waals surface area contributed by atoms with Crippen LogP contribution in [-0.2, 0) is 10.0 Å². The maximum atomic E-state index is 12.2. The molecule has 0 bridgehead atoms. The van der Waals surface area contributed by atoms with Crippen molar-refractivity contribution in [1.82, 2.24) is 19.7 Å². The smallest absolute Gasteiger partial charge is 0.212 e. The first-order valence-electron chi connectivity index (χ1n) is 9.03. The summed E-state index contributed by atoms with van der Waals surface area (Å²) in [5.74, 6) is 1.48. The molecule has 0 aromatic carbocycles. The number of fused-ring (bicyclic) bond motifs is 1. The summed E-state index contributed by atoms with van der Waals surface area (Å²) in [6.45, 7) is 0. The Kier molecular flexibility index (Phi) is 4.41. The van der Waals surface area contributed by atoms with E-state index in [0.717, 1.165) is 55.4 Å². The highest BCUT2D eigenvalue weighted by molar-refractivity contribution is 7.89. The average molecular weight is 368 g/mol. The highest BCUT2D eigenvalue weighted by atomic mass is 32.2. The van der Waals surface area contributed by atoms with E-state index in [1.807, 2.05) is 12.3 Å². The Balaban J connectivity index is 0.00000131. The zero-order valence-electron chi connectivity index (χ0n) is 14.5. The minimum Gasteiger partial charge on any atom is -0.356 e. The van der Waals surface area contributed by atoms with E-state index in [9.17, 15) is 8.42 Å². The molecule has 2 heterocycles. The van der Waals surface area contributed by atoms with Crippen LogP contribution in [0.15, 0.2) is 18.6 Å². The number of nitrogens with one attached hydrogen (secondary N) is 2. The fraction of sp³-hybridized carbons (Fsp3) is 0.647. The highest BCUT2D eigenvalue weighted by Gasteiger charge is 2.31. The van der Waals surface area contributed by atoms with Gasteiger partial charge >= 0.3 is 0 Å². The van der Waals surface area contributed by atoms with Gasteiger partial charge in [0.25, 0.3) is 0 Å². The number of nitrogens with zero attached hydrogens (tertiary/aromatic N) is 3. The standard InChI is InChI=1S/C17H25N5O2S.2H2/c1-22(17-15-8-9-18-16(15)19-11-20-17)14-6-2-12(3-7-14)10-25(23,24)21-13-4-5-13;;/h8-9,11-14,21H,2-7,10H2,1H3,(H,18,19,20);2*1H. The first-order chi connectivity index (χ1) is 12.0. The van der Waals surface area contributed by atoms with Crippen LogP contribution >= 0.6 is 0 Å². The Hall–Kier alpha value is -1.67. The Morgan fingerprint density at radius 1 is 1.24 bits per heavy atom. The van der Waals surface area contributed by atoms with Gasteiger partial charge in [0.15, 0.2) is 0 Å². The Morgan fingerprint density at radius 2 is 2.00 bits per heavy atom. The second-order valence-corrected chi connectivity index (χ2v) is 9.19. The summed E-state index contributed by atoms with van der Waals surface area (Å²) in [6, 6.07) is 2.60. The molecular weight excluding hydrogens is 338 g/mol. The molecule has 25 heavy (non-hydrogen) atoms. The van der Waals surface area contributed by atoms with Crippen molar-refractivity contribution in [3.63, 3.8) is 0 Å². The van der Waals surface area contributed by atoms with Crippen LogP contribution in [-0.4, -0.2) is 48.3 Å². The van der Waals surface area contributed by atoms with Crippen molar-refractivity contribution < 1.29 is 11.3 Å². The van der Waals surface area contributed by atoms with E-state index in [-0.39, 0.29) is 20.6 Å². The molecule has 2 fully saturated rings. The Bertz CT molecular complexity index is 848. The molecule has 2 aliphatic carbocycles. The lowest BCUT2D eigenvalue weighted by molar-refractivity contribution is 0.340. The number of hydrogen-bond donors (Lipinski definition) is 2. The third-order valence-electron chi connectivity index (χ3n) is 5.41. The summed E-state index contributed by atoms with van der Waals surface area (Å²) in [7, 11) is -1.04. The van der Waals surface area contributed by atoms with Crippen molar-refractivity contribution in [3.05, 3.63) is 18.6 Å². The van der Waals surface area contributed by atoms with E-state index in [4.69, 9.17) is 0 Å². The zero-order chi connectivity index (χ0) is 17.4. The van der Waals surface area contributed by atoms with E-state index < -0.39 is 10.0 Å². The van der Waals surface area contributed by atoms with Crippen LogP contribution in [0.1, 0.15) is 41.4 Å². The lowest BCUT2D eigenvalue weighted by atomic mass is 9.86. The number of aromatic amines is 1. The molecule has 2 N–H and O–H groups in total. The quantitative estimate of drug-likeness (QED) is 0.819. The number of aromatic nitrogens is 3. The molecule has 0 unspecified atom stereocenters. The first-order valence-corrected chi connectivity index (χ1v) is 10.7. The molecule has 140 valence electrons. The van der Waals surface area contributed by atoms with Crippen LogP contribution < -0.4 is 9.62 Å². The van der Waals surface area contributed by atoms with Crippen LogP contribution in [0.2, 0.25) is 0 Å². The van der Waals surface area contributed by atoms with Crippen LogP contribution in [0.25, 0.3) is 11.0 Å². The minimum absolute atomic E-state index is 0. The molecule has 0 amide bonds. The van der Waals surface area contributed by atoms with Gasteiger partial charge in [-0.15, -0.1) is 0 Å². The average Bonchev–Trinajstić information content (AvgIpc) is 3.25. The largest absolute Gasteiger partial charge is 0.356 e. The van der Waals surface area contributed by atoms with E-state index in [2.05, 4.69) is 31.6 Å². The third-order valence-corrected chi connectivity index (χ3v) is 7.01. The van der Waals surface area contributed by atoms with Gasteiger partial charge in [-0.2, -0.15) is 0 Å². The molecule has 2 saturated carbocycles. The molecule has 2 aliphatic rings. The van der Waals surface area contributed by atoms with E-state index >= 15 is 0 Å². The van der Waals surface area contributed by atoms with Gasteiger partial charge in [-0.1, -0.05) is 0 Å². The molecule has 0 spiro atoms. The van der Waals surface area contributed by atoms with Gasteiger partial charge in [-0.3, -0.25) is 0 Å². The number of rotatable bonds is 6. The molecule has 0 radical (unpaired) electrons. The van der Waals surface area contributed by atoms with Gasteiger partial charge in [0.2, 0.25) is 10.0 Å². The van der Waals surface area contributed by atoms with Crippen molar-refractivity contribution in [1.29, 1.82) is 0 Å². The minimum atomic E-state index is -3.12. The lowest BCUT2D eigenvalue weighted by Gasteiger charge is -2.35. The zero-order valence-corrected chi connectivity index (χ0v) is 15.3. The van der Waals surface area contributed by atoms with Gasteiger partial charge in [-0.05, 0) is 50.5 Å². The van der Waals surface area contributed by atoms with Crippen molar-refractivity contribution in [2.24, 2.45) is 5.92 Å². The Morgan fingerprint density at radius 3 is 2.72 bits per heavy atom. The summed E-state index contributed by atoms with van der Waals surface area (Å²) in [6.07, 6.45) is 9.33. The van der Waals surface area contributed by atoms with Crippen LogP contribution in [0.4, 0.5) is 5.82 Å². The first kappa shape index (κ1) is 16.8. The second kappa shape index (κ2) is 6.57. The normalized spacial score (nSPS) is 24.5. The van der Waals surface area contributed by atoms with E-state index in [1.165, 1.54) is 0 Å². The van der Waals surface area contributed by atoms with E-state index in [1.54, 1.807) is 6.33 Å². The maximum Gasteiger partial charge on any atom is 0.212 e. The molecule has 2 aromatic heterocycles. The van der Waals surface area contributed by atoms with Crippen molar-refractivity contribution in [3.8, 4) is 0 Å². The van der Waals surface area contributed by atoms with Gasteiger partial charge < -0.3 is 9.88 Å². The van der Waals surface area contributed by atoms with Crippen LogP contribution in [0.5, 0.6) is 0 Å². The predicted octanol–water partition coefficient (Wildman–Crippen LogP) is 2.53. The maximum absolute atomic E-state index is 12.2. The van der Waals surface area contributed by atoms with E-state index in [0.29, 0.717) is 6.04 Å². The Labute approximate surface area is 151 Å². The van der Waals surface area contributed by atoms with Crippen molar-refractivity contribution >= 4 is 26.9 Å². The van der Waals surface area contributed by atoms with Crippen LogP contribution in [0, 0.1) is 5.92 Å². The van der Waals surface area contributed by atoms with Gasteiger partial charge in [0.05, 0.1) is 11.1 Å². The summed E-state index contributed by atoms with van der Waals surface area (Å²) < 4.78 is 27.1. The van der Waals surface area contributed by atoms with Gasteiger partial charge in [0, 0.05) is 28.2 Å². The molecule has 8 heteroatoms. The molecule has 0 aliphatic heterocycles. The fourth-order valence-corrected chi connectivity index (χ4v) is 5.62. The van der Waals surface area contributed by atoms with Gasteiger partial charge in [-0.25, -0.2) is 23.1 Å². The summed E-state index contributed by atoms with van der Waals surface area (Å²) >= 11 is 0. The summed E-state index contributed by atoms with van der Waals surface area (Å²) in [5, 5.41) is 1.03. The number of sulfonamides is 1. The molecule has 4 rings (SSSR count). The number of H-pyrrole nitrogens is 1. The fourth-order valence-electron chi connectivity index (χ4n) is 3.83. The predicted molar refractivity (Wildman–Crippen MR) is 102 cm³/mol. The topological polar surface area (TPSA) is 91.0 Å². The monoisotopic (exact) mass is 367 g/mol. The van der Waals surface area contributed by atoms with Crippen molar-refractivity contribution in [2.75, 3.05) is 17.7 Å². The van der Waals surface area contributed by atoms with Crippen LogP contribution in [0.3, 0.4) is 0 Å². The molecule has 0 saturated heterocycles. The number of anilines is 1. The highest BCUT2D eigenvalue weighted by Crippen LogP contribution is 2.32. The second-order valence-electron chi connectivity index (χ2n) is 7.40. The SMILES string of the molecule is CN(c1ncnc2[nH]ccc12)C1CCC(CS(=O)(=O)NC2CC2)CC1.[HH].[HH]. The summed E-state index contributed by atoms with van der Waals surface area (Å²) in [5.41, 5.74) is 0.850. The molecule has 0 atom stereocenters. The summed E-state index contributed by atoms with van der Waals surface area (Å²) in [4.78, 5) is 14.1. The number of hydrogen-bond acceptors (Lipinski definition) is 5. The molecule has 2 aromatic rings. The lowest BCUT2D eigenvalue weighted by Crippen LogP contribution is -2.38. The van der Waals surface area contributed by atoms with Crippen molar-refractivity contribution in [2.45, 2.75) is 50.6 Å². The van der Waals surface area contributed by atoms with Gasteiger partial charge in [0.1, 0.15) is 17.8 Å². The molecular formula is C17H29N5O2S. The third kappa shape index (κ3) is 3.79. The molecule has 7 nitrogen and oxygen atoms in total.